The number of aryl methyl sites for hydroxylation is 1. The fourth-order valence-corrected chi connectivity index (χ4v) is 2.35. The molecule has 3 N–H and O–H groups in total. The van der Waals surface area contributed by atoms with Crippen molar-refractivity contribution < 1.29 is 5.21 Å². The highest BCUT2D eigenvalue weighted by Crippen LogP contribution is 2.19. The Kier molecular flexibility index (Phi) is 5.84. The van der Waals surface area contributed by atoms with Gasteiger partial charge in [-0.15, -0.1) is 0 Å². The van der Waals surface area contributed by atoms with E-state index in [2.05, 4.69) is 33.3 Å². The third-order valence-corrected chi connectivity index (χ3v) is 3.51. The molecule has 0 saturated carbocycles. The highest BCUT2D eigenvalue weighted by molar-refractivity contribution is 7.09. The van der Waals surface area contributed by atoms with E-state index in [1.54, 1.807) is 0 Å². The zero-order valence-corrected chi connectivity index (χ0v) is 11.9. The van der Waals surface area contributed by atoms with Crippen molar-refractivity contribution in [1.82, 2.24) is 9.36 Å². The minimum absolute atomic E-state index is 0.0199. The summed E-state index contributed by atoms with van der Waals surface area (Å²) >= 11 is 1.41. The van der Waals surface area contributed by atoms with Crippen LogP contribution >= 0.6 is 11.5 Å². The molecule has 1 rings (SSSR count). The van der Waals surface area contributed by atoms with Crippen LogP contribution in [-0.4, -0.2) is 33.5 Å². The van der Waals surface area contributed by atoms with Crippen LogP contribution < -0.4 is 10.6 Å². The van der Waals surface area contributed by atoms with Crippen molar-refractivity contribution in [2.45, 2.75) is 33.6 Å². The molecule has 0 radical (unpaired) electrons. The van der Waals surface area contributed by atoms with E-state index in [4.69, 9.17) is 10.9 Å². The van der Waals surface area contributed by atoms with Gasteiger partial charge in [-0.3, -0.25) is 0 Å². The van der Waals surface area contributed by atoms with Crippen LogP contribution in [-0.2, 0) is 6.42 Å². The van der Waals surface area contributed by atoms with Crippen LogP contribution in [0.25, 0.3) is 0 Å². The lowest BCUT2D eigenvalue weighted by molar-refractivity contribution is 0.314. The summed E-state index contributed by atoms with van der Waals surface area (Å²) in [5, 5.41) is 12.6. The van der Waals surface area contributed by atoms with Crippen molar-refractivity contribution in [3.05, 3.63) is 5.82 Å². The van der Waals surface area contributed by atoms with Gasteiger partial charge in [0.05, 0.1) is 0 Å². The fraction of sp³-hybridized carbons (Fsp3) is 0.727. The van der Waals surface area contributed by atoms with Crippen LogP contribution in [0.4, 0.5) is 5.13 Å². The van der Waals surface area contributed by atoms with Gasteiger partial charge in [-0.05, 0) is 13.3 Å². The predicted molar refractivity (Wildman–Crippen MR) is 74.4 cm³/mol. The summed E-state index contributed by atoms with van der Waals surface area (Å²) in [4.78, 5) is 6.60. The van der Waals surface area contributed by atoms with Gasteiger partial charge in [-0.2, -0.15) is 4.37 Å². The molecule has 1 unspecified atom stereocenters. The molecule has 0 aliphatic heterocycles. The molecular weight excluding hydrogens is 250 g/mol. The summed E-state index contributed by atoms with van der Waals surface area (Å²) in [6, 6.07) is 0. The Morgan fingerprint density at radius 2 is 2.28 bits per heavy atom. The smallest absolute Gasteiger partial charge is 0.205 e. The first-order valence-corrected chi connectivity index (χ1v) is 6.94. The predicted octanol–water partition coefficient (Wildman–Crippen LogP) is 1.70. The lowest BCUT2D eigenvalue weighted by Crippen LogP contribution is -2.34. The molecule has 0 bridgehead atoms. The Morgan fingerprint density at radius 3 is 2.83 bits per heavy atom. The van der Waals surface area contributed by atoms with Crippen LogP contribution in [0.15, 0.2) is 5.16 Å². The zero-order valence-electron chi connectivity index (χ0n) is 11.1. The second-order valence-corrected chi connectivity index (χ2v) is 4.94. The lowest BCUT2D eigenvalue weighted by atomic mass is 10.1. The number of nitrogens with two attached hydrogens (primary N) is 1. The Labute approximate surface area is 112 Å². The summed E-state index contributed by atoms with van der Waals surface area (Å²) in [6.45, 7) is 7.58. The normalized spacial score (nSPS) is 13.6. The average molecular weight is 271 g/mol. The van der Waals surface area contributed by atoms with E-state index in [0.29, 0.717) is 6.54 Å². The minimum atomic E-state index is -0.0199. The molecule has 6 nitrogen and oxygen atoms in total. The highest BCUT2D eigenvalue weighted by Gasteiger charge is 2.16. The van der Waals surface area contributed by atoms with Gasteiger partial charge in [0.2, 0.25) is 5.13 Å². The van der Waals surface area contributed by atoms with Crippen LogP contribution in [0, 0.1) is 5.92 Å². The minimum Gasteiger partial charge on any atom is -0.409 e. The van der Waals surface area contributed by atoms with E-state index in [1.807, 2.05) is 6.92 Å². The molecule has 1 aromatic heterocycles. The largest absolute Gasteiger partial charge is 0.409 e. The van der Waals surface area contributed by atoms with Crippen molar-refractivity contribution in [1.29, 1.82) is 0 Å². The van der Waals surface area contributed by atoms with Crippen molar-refractivity contribution in [2.75, 3.05) is 18.0 Å². The second kappa shape index (κ2) is 7.15. The second-order valence-electron chi connectivity index (χ2n) is 4.21. The highest BCUT2D eigenvalue weighted by atomic mass is 32.1. The molecular formula is C11H21N5OS. The lowest BCUT2D eigenvalue weighted by Gasteiger charge is -2.22. The summed E-state index contributed by atoms with van der Waals surface area (Å²) in [7, 11) is 0. The van der Waals surface area contributed by atoms with E-state index < -0.39 is 0 Å². The quantitative estimate of drug-likeness (QED) is 0.341. The first kappa shape index (κ1) is 14.7. The van der Waals surface area contributed by atoms with E-state index in [-0.39, 0.29) is 11.8 Å². The van der Waals surface area contributed by atoms with Crippen LogP contribution in [0.3, 0.4) is 0 Å². The van der Waals surface area contributed by atoms with Gasteiger partial charge in [-0.25, -0.2) is 4.98 Å². The molecule has 0 aliphatic carbocycles. The molecule has 18 heavy (non-hydrogen) atoms. The van der Waals surface area contributed by atoms with Gasteiger partial charge in [0, 0.05) is 37.0 Å². The number of hydrogen-bond donors (Lipinski definition) is 2. The molecule has 1 aromatic rings. The number of amidine groups is 1. The molecule has 1 heterocycles. The standard InChI is InChI=1S/C11H21N5OS/c1-4-6-9-13-11(18-15-9)16(5-2)7-8(3)10(12)14-17/h8,17H,4-7H2,1-3H3,(H2,12,14). The number of nitrogens with zero attached hydrogens (tertiary/aromatic N) is 4. The van der Waals surface area contributed by atoms with E-state index in [1.165, 1.54) is 11.5 Å². The third kappa shape index (κ3) is 3.83. The van der Waals surface area contributed by atoms with Crippen LogP contribution in [0.2, 0.25) is 0 Å². The van der Waals surface area contributed by atoms with E-state index in [9.17, 15) is 0 Å². The Bertz CT molecular complexity index is 393. The zero-order chi connectivity index (χ0) is 13.5. The van der Waals surface area contributed by atoms with Crippen molar-refractivity contribution in [3.8, 4) is 0 Å². The molecule has 0 aliphatic rings. The maximum absolute atomic E-state index is 8.65. The van der Waals surface area contributed by atoms with Gasteiger partial charge < -0.3 is 15.8 Å². The summed E-state index contributed by atoms with van der Waals surface area (Å²) in [5.74, 6) is 1.12. The molecule has 0 saturated heterocycles. The first-order chi connectivity index (χ1) is 8.62. The maximum Gasteiger partial charge on any atom is 0.205 e. The summed E-state index contributed by atoms with van der Waals surface area (Å²) in [6.07, 6.45) is 1.95. The maximum atomic E-state index is 8.65. The van der Waals surface area contributed by atoms with Gasteiger partial charge in [0.15, 0.2) is 0 Å². The van der Waals surface area contributed by atoms with Crippen molar-refractivity contribution in [2.24, 2.45) is 16.8 Å². The van der Waals surface area contributed by atoms with E-state index in [0.717, 1.165) is 30.3 Å². The number of oxime groups is 1. The molecule has 7 heteroatoms. The average Bonchev–Trinajstić information content (AvgIpc) is 2.83. The monoisotopic (exact) mass is 271 g/mol. The SMILES string of the molecule is CCCc1nsc(N(CC)CC(C)C(N)=NO)n1. The number of anilines is 1. The van der Waals surface area contributed by atoms with Crippen LogP contribution in [0.1, 0.15) is 33.0 Å². The Hall–Kier alpha value is -1.37. The number of hydrogen-bond acceptors (Lipinski definition) is 6. The Morgan fingerprint density at radius 1 is 1.56 bits per heavy atom. The van der Waals surface area contributed by atoms with Crippen LogP contribution in [0.5, 0.6) is 0 Å². The molecule has 0 spiro atoms. The fourth-order valence-electron chi connectivity index (χ4n) is 1.56. The summed E-state index contributed by atoms with van der Waals surface area (Å²) < 4.78 is 4.33. The first-order valence-electron chi connectivity index (χ1n) is 6.17. The summed E-state index contributed by atoms with van der Waals surface area (Å²) in [5.41, 5.74) is 5.59. The topological polar surface area (TPSA) is 87.6 Å². The third-order valence-electron chi connectivity index (χ3n) is 2.70. The van der Waals surface area contributed by atoms with Gasteiger partial charge in [-0.1, -0.05) is 19.0 Å². The van der Waals surface area contributed by atoms with E-state index >= 15 is 0 Å². The van der Waals surface area contributed by atoms with Gasteiger partial charge in [0.25, 0.3) is 0 Å². The number of aromatic nitrogens is 2. The molecule has 0 aromatic carbocycles. The molecule has 1 atom stereocenters. The van der Waals surface area contributed by atoms with Gasteiger partial charge >= 0.3 is 0 Å². The Balaban J connectivity index is 2.70. The number of rotatable bonds is 7. The molecule has 0 fully saturated rings. The molecule has 102 valence electrons. The molecule has 0 amide bonds. The van der Waals surface area contributed by atoms with Gasteiger partial charge in [0.1, 0.15) is 11.7 Å². The van der Waals surface area contributed by atoms with Crippen molar-refractivity contribution in [3.63, 3.8) is 0 Å². The van der Waals surface area contributed by atoms with Crippen molar-refractivity contribution >= 4 is 22.5 Å².